The van der Waals surface area contributed by atoms with Crippen LogP contribution in [0, 0.1) is 5.92 Å². The Morgan fingerprint density at radius 3 is 3.12 bits per heavy atom. The molecule has 3 unspecified atom stereocenters. The second kappa shape index (κ2) is 5.60. The van der Waals surface area contributed by atoms with E-state index < -0.39 is 6.10 Å². The average Bonchev–Trinajstić information content (AvgIpc) is 2.96. The highest BCUT2D eigenvalue weighted by molar-refractivity contribution is 4.96. The first-order valence-corrected chi connectivity index (χ1v) is 6.45. The van der Waals surface area contributed by atoms with Crippen molar-refractivity contribution in [1.82, 2.24) is 14.8 Å². The SMILES string of the molecule is CCCn1ncnc1C(O)C1CCOC1CC. The molecule has 5 nitrogen and oxygen atoms in total. The van der Waals surface area contributed by atoms with Crippen LogP contribution in [-0.2, 0) is 11.3 Å². The molecule has 1 N–H and O–H groups in total. The Balaban J connectivity index is 2.12. The van der Waals surface area contributed by atoms with Gasteiger partial charge >= 0.3 is 0 Å². The lowest BCUT2D eigenvalue weighted by Crippen LogP contribution is -2.24. The normalized spacial score (nSPS) is 26.3. The van der Waals surface area contributed by atoms with E-state index in [4.69, 9.17) is 4.74 Å². The molecule has 2 rings (SSSR count). The summed E-state index contributed by atoms with van der Waals surface area (Å²) < 4.78 is 7.42. The molecular weight excluding hydrogens is 218 g/mol. The van der Waals surface area contributed by atoms with Gasteiger partial charge in [0.05, 0.1) is 6.10 Å². The van der Waals surface area contributed by atoms with Crippen LogP contribution in [0.2, 0.25) is 0 Å². The summed E-state index contributed by atoms with van der Waals surface area (Å²) in [4.78, 5) is 4.19. The summed E-state index contributed by atoms with van der Waals surface area (Å²) >= 11 is 0. The maximum atomic E-state index is 10.4. The second-order valence-electron chi connectivity index (χ2n) is 4.56. The van der Waals surface area contributed by atoms with E-state index in [1.54, 1.807) is 4.68 Å². The van der Waals surface area contributed by atoms with E-state index in [1.165, 1.54) is 6.33 Å². The molecule has 5 heteroatoms. The molecule has 0 aromatic carbocycles. The molecular formula is C12H21N3O2. The smallest absolute Gasteiger partial charge is 0.156 e. The Hall–Kier alpha value is -0.940. The van der Waals surface area contributed by atoms with Crippen molar-refractivity contribution in [3.8, 4) is 0 Å². The van der Waals surface area contributed by atoms with Gasteiger partial charge in [0, 0.05) is 19.1 Å². The number of hydrogen-bond donors (Lipinski definition) is 1. The third kappa shape index (κ3) is 2.50. The molecule has 1 aliphatic rings. The maximum absolute atomic E-state index is 10.4. The van der Waals surface area contributed by atoms with Crippen molar-refractivity contribution in [3.05, 3.63) is 12.2 Å². The van der Waals surface area contributed by atoms with Gasteiger partial charge in [0.1, 0.15) is 12.4 Å². The van der Waals surface area contributed by atoms with E-state index in [0.29, 0.717) is 5.82 Å². The molecule has 1 saturated heterocycles. The highest BCUT2D eigenvalue weighted by atomic mass is 16.5. The highest BCUT2D eigenvalue weighted by Gasteiger charge is 2.35. The van der Waals surface area contributed by atoms with E-state index in [2.05, 4.69) is 23.9 Å². The van der Waals surface area contributed by atoms with Crippen LogP contribution in [0.25, 0.3) is 0 Å². The minimum absolute atomic E-state index is 0.150. The predicted molar refractivity (Wildman–Crippen MR) is 63.4 cm³/mol. The van der Waals surface area contributed by atoms with Gasteiger partial charge in [0.2, 0.25) is 0 Å². The van der Waals surface area contributed by atoms with E-state index >= 15 is 0 Å². The van der Waals surface area contributed by atoms with Gasteiger partial charge in [-0.2, -0.15) is 5.10 Å². The number of aliphatic hydroxyl groups is 1. The van der Waals surface area contributed by atoms with Gasteiger partial charge in [-0.15, -0.1) is 0 Å². The molecule has 0 spiro atoms. The molecule has 0 radical (unpaired) electrons. The zero-order valence-corrected chi connectivity index (χ0v) is 10.5. The fourth-order valence-electron chi connectivity index (χ4n) is 2.52. The van der Waals surface area contributed by atoms with E-state index in [1.807, 2.05) is 0 Å². The Bertz CT molecular complexity index is 353. The summed E-state index contributed by atoms with van der Waals surface area (Å²) in [5.41, 5.74) is 0. The van der Waals surface area contributed by atoms with Crippen molar-refractivity contribution in [2.45, 2.75) is 51.9 Å². The third-order valence-electron chi connectivity index (χ3n) is 3.41. The molecule has 1 aromatic heterocycles. The van der Waals surface area contributed by atoms with Crippen LogP contribution in [0.3, 0.4) is 0 Å². The Kier molecular flexibility index (Phi) is 4.12. The number of aliphatic hydroxyl groups excluding tert-OH is 1. The zero-order valence-electron chi connectivity index (χ0n) is 10.5. The number of aryl methyl sites for hydroxylation is 1. The third-order valence-corrected chi connectivity index (χ3v) is 3.41. The lowest BCUT2D eigenvalue weighted by atomic mass is 9.93. The van der Waals surface area contributed by atoms with Crippen LogP contribution in [0.5, 0.6) is 0 Å². The van der Waals surface area contributed by atoms with Crippen molar-refractivity contribution in [2.75, 3.05) is 6.61 Å². The van der Waals surface area contributed by atoms with Gasteiger partial charge in [-0.3, -0.25) is 0 Å². The fraction of sp³-hybridized carbons (Fsp3) is 0.833. The van der Waals surface area contributed by atoms with Crippen LogP contribution in [0.15, 0.2) is 6.33 Å². The maximum Gasteiger partial charge on any atom is 0.156 e. The van der Waals surface area contributed by atoms with Crippen LogP contribution in [0.1, 0.15) is 45.0 Å². The lowest BCUT2D eigenvalue weighted by Gasteiger charge is -2.22. The van der Waals surface area contributed by atoms with Crippen molar-refractivity contribution in [1.29, 1.82) is 0 Å². The van der Waals surface area contributed by atoms with Crippen molar-refractivity contribution >= 4 is 0 Å². The van der Waals surface area contributed by atoms with Gasteiger partial charge in [0.25, 0.3) is 0 Å². The molecule has 1 aliphatic heterocycles. The van der Waals surface area contributed by atoms with Crippen molar-refractivity contribution < 1.29 is 9.84 Å². The van der Waals surface area contributed by atoms with Crippen molar-refractivity contribution in [3.63, 3.8) is 0 Å². The Morgan fingerprint density at radius 1 is 1.59 bits per heavy atom. The number of ether oxygens (including phenoxy) is 1. The van der Waals surface area contributed by atoms with E-state index in [9.17, 15) is 5.11 Å². The largest absolute Gasteiger partial charge is 0.385 e. The number of nitrogens with zero attached hydrogens (tertiary/aromatic N) is 3. The Labute approximate surface area is 102 Å². The van der Waals surface area contributed by atoms with Gasteiger partial charge in [-0.1, -0.05) is 13.8 Å². The van der Waals surface area contributed by atoms with Crippen LogP contribution in [0.4, 0.5) is 0 Å². The van der Waals surface area contributed by atoms with E-state index in [0.717, 1.165) is 32.4 Å². The first-order chi connectivity index (χ1) is 8.27. The van der Waals surface area contributed by atoms with Gasteiger partial charge < -0.3 is 9.84 Å². The van der Waals surface area contributed by atoms with Gasteiger partial charge in [-0.05, 0) is 19.3 Å². The summed E-state index contributed by atoms with van der Waals surface area (Å²) in [5, 5.41) is 14.6. The van der Waals surface area contributed by atoms with Crippen LogP contribution in [-0.4, -0.2) is 32.6 Å². The number of hydrogen-bond acceptors (Lipinski definition) is 4. The molecule has 1 fully saturated rings. The van der Waals surface area contributed by atoms with E-state index in [-0.39, 0.29) is 12.0 Å². The quantitative estimate of drug-likeness (QED) is 0.846. The molecule has 96 valence electrons. The topological polar surface area (TPSA) is 60.2 Å². The first kappa shape index (κ1) is 12.5. The second-order valence-corrected chi connectivity index (χ2v) is 4.56. The summed E-state index contributed by atoms with van der Waals surface area (Å²) in [7, 11) is 0. The lowest BCUT2D eigenvalue weighted by molar-refractivity contribution is 0.0248. The predicted octanol–water partition coefficient (Wildman–Crippen LogP) is 1.54. The Morgan fingerprint density at radius 2 is 2.41 bits per heavy atom. The fourth-order valence-corrected chi connectivity index (χ4v) is 2.52. The highest BCUT2D eigenvalue weighted by Crippen LogP contribution is 2.33. The van der Waals surface area contributed by atoms with Gasteiger partial charge in [-0.25, -0.2) is 9.67 Å². The minimum atomic E-state index is -0.559. The molecule has 17 heavy (non-hydrogen) atoms. The summed E-state index contributed by atoms with van der Waals surface area (Å²) in [6.07, 6.45) is 3.93. The van der Waals surface area contributed by atoms with Gasteiger partial charge in [0.15, 0.2) is 5.82 Å². The zero-order chi connectivity index (χ0) is 12.3. The molecule has 0 amide bonds. The molecule has 1 aromatic rings. The first-order valence-electron chi connectivity index (χ1n) is 6.45. The standard InChI is InChI=1S/C12H21N3O2/c1-3-6-15-12(13-8-14-15)11(16)9-5-7-17-10(9)4-2/h8-11,16H,3-7H2,1-2H3. The molecule has 0 saturated carbocycles. The molecule has 0 aliphatic carbocycles. The minimum Gasteiger partial charge on any atom is -0.385 e. The summed E-state index contributed by atoms with van der Waals surface area (Å²) in [5.74, 6) is 0.834. The van der Waals surface area contributed by atoms with Crippen molar-refractivity contribution in [2.24, 2.45) is 5.92 Å². The average molecular weight is 239 g/mol. The number of rotatable bonds is 5. The van der Waals surface area contributed by atoms with Crippen LogP contribution < -0.4 is 0 Å². The van der Waals surface area contributed by atoms with Crippen LogP contribution >= 0.6 is 0 Å². The number of aromatic nitrogens is 3. The molecule has 3 atom stereocenters. The monoisotopic (exact) mass is 239 g/mol. The summed E-state index contributed by atoms with van der Waals surface area (Å²) in [6, 6.07) is 0. The summed E-state index contributed by atoms with van der Waals surface area (Å²) in [6.45, 7) is 5.72. The molecule has 0 bridgehead atoms. The molecule has 2 heterocycles.